The van der Waals surface area contributed by atoms with Gasteiger partial charge in [0, 0.05) is 22.3 Å². The Morgan fingerprint density at radius 1 is 1.13 bits per heavy atom. The first-order valence-corrected chi connectivity index (χ1v) is 8.21. The van der Waals surface area contributed by atoms with Crippen LogP contribution in [-0.4, -0.2) is 24.9 Å². The molecule has 0 aliphatic rings. The molecule has 0 unspecified atom stereocenters. The molecule has 0 bridgehead atoms. The van der Waals surface area contributed by atoms with Crippen molar-refractivity contribution in [1.82, 2.24) is 5.32 Å². The van der Waals surface area contributed by atoms with Gasteiger partial charge in [0.1, 0.15) is 0 Å². The maximum absolute atomic E-state index is 12.4. The number of nitrogens with one attached hydrogen (secondary N) is 1. The Balaban J connectivity index is 2.01. The monoisotopic (exact) mass is 374 g/mol. The van der Waals surface area contributed by atoms with Crippen molar-refractivity contribution >= 4 is 33.4 Å². The SMILES string of the molecule is CCN(C(=O)CNC(=O)c1cccc(Br)c1)c1cccc(C)c1. The van der Waals surface area contributed by atoms with Crippen molar-refractivity contribution in [3.8, 4) is 0 Å². The Kier molecular flexibility index (Phi) is 5.93. The lowest BCUT2D eigenvalue weighted by Gasteiger charge is -2.21. The van der Waals surface area contributed by atoms with E-state index in [-0.39, 0.29) is 18.4 Å². The molecular formula is C18H19BrN2O2. The van der Waals surface area contributed by atoms with Crippen molar-refractivity contribution in [2.75, 3.05) is 18.0 Å². The van der Waals surface area contributed by atoms with Crippen LogP contribution in [0.1, 0.15) is 22.8 Å². The fourth-order valence-electron chi connectivity index (χ4n) is 2.28. The van der Waals surface area contributed by atoms with Gasteiger partial charge in [-0.1, -0.05) is 34.1 Å². The Morgan fingerprint density at radius 2 is 1.87 bits per heavy atom. The number of amides is 2. The number of carbonyl (C=O) groups excluding carboxylic acids is 2. The Bertz CT molecular complexity index is 716. The number of rotatable bonds is 5. The van der Waals surface area contributed by atoms with Crippen LogP contribution in [0.3, 0.4) is 0 Å². The van der Waals surface area contributed by atoms with Crippen molar-refractivity contribution in [3.63, 3.8) is 0 Å². The minimum Gasteiger partial charge on any atom is -0.343 e. The van der Waals surface area contributed by atoms with E-state index in [1.54, 1.807) is 23.1 Å². The lowest BCUT2D eigenvalue weighted by molar-refractivity contribution is -0.117. The van der Waals surface area contributed by atoms with Crippen molar-refractivity contribution in [2.24, 2.45) is 0 Å². The third-order valence-electron chi connectivity index (χ3n) is 3.42. The van der Waals surface area contributed by atoms with E-state index in [2.05, 4.69) is 21.2 Å². The second-order valence-electron chi connectivity index (χ2n) is 5.17. The van der Waals surface area contributed by atoms with E-state index in [0.717, 1.165) is 15.7 Å². The van der Waals surface area contributed by atoms with Gasteiger partial charge in [0.15, 0.2) is 0 Å². The standard InChI is InChI=1S/C18H19BrN2O2/c1-3-21(16-9-4-6-13(2)10-16)17(22)12-20-18(23)14-7-5-8-15(19)11-14/h4-11H,3,12H2,1-2H3,(H,20,23). The highest BCUT2D eigenvalue weighted by Gasteiger charge is 2.15. The van der Waals surface area contributed by atoms with Gasteiger partial charge in [-0.3, -0.25) is 9.59 Å². The summed E-state index contributed by atoms with van der Waals surface area (Å²) in [6, 6.07) is 14.8. The first kappa shape index (κ1) is 17.2. The third-order valence-corrected chi connectivity index (χ3v) is 3.91. The van der Waals surface area contributed by atoms with Gasteiger partial charge >= 0.3 is 0 Å². The van der Waals surface area contributed by atoms with E-state index in [1.807, 2.05) is 44.2 Å². The molecule has 4 nitrogen and oxygen atoms in total. The van der Waals surface area contributed by atoms with Crippen molar-refractivity contribution in [3.05, 3.63) is 64.1 Å². The summed E-state index contributed by atoms with van der Waals surface area (Å²) in [5.74, 6) is -0.401. The van der Waals surface area contributed by atoms with Crippen molar-refractivity contribution in [1.29, 1.82) is 0 Å². The van der Waals surface area contributed by atoms with Gasteiger partial charge in [-0.2, -0.15) is 0 Å². The molecule has 0 heterocycles. The molecule has 1 N–H and O–H groups in total. The third kappa shape index (κ3) is 4.66. The Hall–Kier alpha value is -2.14. The summed E-state index contributed by atoms with van der Waals surface area (Å²) in [7, 11) is 0. The Labute approximate surface area is 144 Å². The van der Waals surface area contributed by atoms with Crippen LogP contribution >= 0.6 is 15.9 Å². The molecule has 0 atom stereocenters. The summed E-state index contributed by atoms with van der Waals surface area (Å²) in [5.41, 5.74) is 2.45. The van der Waals surface area contributed by atoms with Gasteiger partial charge < -0.3 is 10.2 Å². The van der Waals surface area contributed by atoms with Gasteiger partial charge in [0.2, 0.25) is 5.91 Å². The fourth-order valence-corrected chi connectivity index (χ4v) is 2.68. The summed E-state index contributed by atoms with van der Waals surface area (Å²) < 4.78 is 0.825. The molecular weight excluding hydrogens is 356 g/mol. The zero-order valence-corrected chi connectivity index (χ0v) is 14.8. The van der Waals surface area contributed by atoms with Crippen molar-refractivity contribution in [2.45, 2.75) is 13.8 Å². The van der Waals surface area contributed by atoms with Crippen LogP contribution in [0.25, 0.3) is 0 Å². The first-order valence-electron chi connectivity index (χ1n) is 7.42. The van der Waals surface area contributed by atoms with E-state index in [1.165, 1.54) is 0 Å². The summed E-state index contributed by atoms with van der Waals surface area (Å²) in [6.45, 7) is 4.41. The van der Waals surface area contributed by atoms with Crippen LogP contribution < -0.4 is 10.2 Å². The molecule has 0 aromatic heterocycles. The largest absolute Gasteiger partial charge is 0.343 e. The second-order valence-corrected chi connectivity index (χ2v) is 6.09. The highest BCUT2D eigenvalue weighted by molar-refractivity contribution is 9.10. The number of anilines is 1. The van der Waals surface area contributed by atoms with E-state index in [9.17, 15) is 9.59 Å². The lowest BCUT2D eigenvalue weighted by Crippen LogP contribution is -2.40. The molecule has 5 heteroatoms. The molecule has 2 aromatic rings. The van der Waals surface area contributed by atoms with Crippen molar-refractivity contribution < 1.29 is 9.59 Å². The number of carbonyl (C=O) groups is 2. The van der Waals surface area contributed by atoms with Crippen LogP contribution in [0.4, 0.5) is 5.69 Å². The highest BCUT2D eigenvalue weighted by Crippen LogP contribution is 2.16. The maximum atomic E-state index is 12.4. The number of aryl methyl sites for hydroxylation is 1. The first-order chi connectivity index (χ1) is 11.0. The predicted octanol–water partition coefficient (Wildman–Crippen LogP) is 3.54. The number of nitrogens with zero attached hydrogens (tertiary/aromatic N) is 1. The normalized spacial score (nSPS) is 10.2. The molecule has 23 heavy (non-hydrogen) atoms. The number of hydrogen-bond donors (Lipinski definition) is 1. The smallest absolute Gasteiger partial charge is 0.251 e. The van der Waals surface area contributed by atoms with E-state index in [4.69, 9.17) is 0 Å². The summed E-state index contributed by atoms with van der Waals surface area (Å²) in [4.78, 5) is 26.2. The molecule has 0 spiro atoms. The van der Waals surface area contributed by atoms with Gasteiger partial charge in [-0.15, -0.1) is 0 Å². The average Bonchev–Trinajstić information content (AvgIpc) is 2.53. The van der Waals surface area contributed by atoms with E-state index in [0.29, 0.717) is 12.1 Å². The fraction of sp³-hybridized carbons (Fsp3) is 0.222. The molecule has 0 aliphatic heterocycles. The quantitative estimate of drug-likeness (QED) is 0.869. The summed E-state index contributed by atoms with van der Waals surface area (Å²) in [5, 5.41) is 2.67. The van der Waals surface area contributed by atoms with Crippen LogP contribution in [0.5, 0.6) is 0 Å². The molecule has 0 radical (unpaired) electrons. The van der Waals surface area contributed by atoms with Crippen LogP contribution in [-0.2, 0) is 4.79 Å². The molecule has 2 rings (SSSR count). The number of benzene rings is 2. The molecule has 0 fully saturated rings. The zero-order chi connectivity index (χ0) is 16.8. The summed E-state index contributed by atoms with van der Waals surface area (Å²) >= 11 is 3.33. The van der Waals surface area contributed by atoms with Gasteiger partial charge in [-0.25, -0.2) is 0 Å². The average molecular weight is 375 g/mol. The van der Waals surface area contributed by atoms with Crippen LogP contribution in [0, 0.1) is 6.92 Å². The van der Waals surface area contributed by atoms with Gasteiger partial charge in [-0.05, 0) is 49.7 Å². The van der Waals surface area contributed by atoms with E-state index >= 15 is 0 Å². The van der Waals surface area contributed by atoms with E-state index < -0.39 is 0 Å². The molecule has 2 aromatic carbocycles. The van der Waals surface area contributed by atoms with Crippen LogP contribution in [0.15, 0.2) is 53.0 Å². The molecule has 0 saturated heterocycles. The topological polar surface area (TPSA) is 49.4 Å². The second kappa shape index (κ2) is 7.92. The van der Waals surface area contributed by atoms with Crippen LogP contribution in [0.2, 0.25) is 0 Å². The number of hydrogen-bond acceptors (Lipinski definition) is 2. The number of likely N-dealkylation sites (N-methyl/N-ethyl adjacent to an activating group) is 1. The highest BCUT2D eigenvalue weighted by atomic mass is 79.9. The predicted molar refractivity (Wildman–Crippen MR) is 95.7 cm³/mol. The number of halogens is 1. The van der Waals surface area contributed by atoms with Gasteiger partial charge in [0.25, 0.3) is 5.91 Å². The van der Waals surface area contributed by atoms with Gasteiger partial charge in [0.05, 0.1) is 6.54 Å². The molecule has 120 valence electrons. The lowest BCUT2D eigenvalue weighted by atomic mass is 10.2. The Morgan fingerprint density at radius 3 is 2.52 bits per heavy atom. The molecule has 0 saturated carbocycles. The maximum Gasteiger partial charge on any atom is 0.251 e. The molecule has 2 amide bonds. The minimum atomic E-state index is -0.264. The minimum absolute atomic E-state index is 0.0346. The zero-order valence-electron chi connectivity index (χ0n) is 13.2. The summed E-state index contributed by atoms with van der Waals surface area (Å²) in [6.07, 6.45) is 0. The molecule has 0 aliphatic carbocycles.